The number of hydrogen-bond donors (Lipinski definition) is 0. The molecule has 7 nitrogen and oxygen atoms in total. The minimum Gasteiger partial charge on any atom is -0.491 e. The molecule has 1 atom stereocenters. The second-order valence-corrected chi connectivity index (χ2v) is 8.52. The van der Waals surface area contributed by atoms with Crippen molar-refractivity contribution >= 4 is 5.91 Å². The minimum atomic E-state index is 0.0784. The number of hydrogen-bond acceptors (Lipinski definition) is 6. The van der Waals surface area contributed by atoms with Crippen molar-refractivity contribution in [1.82, 2.24) is 9.80 Å². The number of benzene rings is 2. The van der Waals surface area contributed by atoms with Crippen molar-refractivity contribution in [1.29, 1.82) is 0 Å². The fourth-order valence-corrected chi connectivity index (χ4v) is 4.39. The summed E-state index contributed by atoms with van der Waals surface area (Å²) < 4.78 is 22.7. The van der Waals surface area contributed by atoms with Gasteiger partial charge in [-0.2, -0.15) is 0 Å². The maximum absolute atomic E-state index is 12.9. The highest BCUT2D eigenvalue weighted by atomic mass is 16.6. The summed E-state index contributed by atoms with van der Waals surface area (Å²) >= 11 is 0. The van der Waals surface area contributed by atoms with Gasteiger partial charge in [-0.3, -0.25) is 9.69 Å². The van der Waals surface area contributed by atoms with Gasteiger partial charge in [0, 0.05) is 44.9 Å². The van der Waals surface area contributed by atoms with Gasteiger partial charge >= 0.3 is 0 Å². The van der Waals surface area contributed by atoms with Crippen LogP contribution >= 0.6 is 0 Å². The molecule has 0 unspecified atom stereocenters. The SMILES string of the molecule is O=C(c1ccc(OC[C@@H]2CCCO2)cc1)N1CCN(Cc2ccc3c(c2)OCCO3)CC1. The van der Waals surface area contributed by atoms with Crippen molar-refractivity contribution in [3.05, 3.63) is 53.6 Å². The van der Waals surface area contributed by atoms with E-state index in [9.17, 15) is 4.79 Å². The predicted molar refractivity (Wildman–Crippen MR) is 120 cm³/mol. The summed E-state index contributed by atoms with van der Waals surface area (Å²) in [6.45, 7) is 6.58. The van der Waals surface area contributed by atoms with Crippen LogP contribution in [-0.2, 0) is 11.3 Å². The molecule has 1 amide bonds. The molecule has 3 aliphatic rings. The molecule has 0 radical (unpaired) electrons. The van der Waals surface area contributed by atoms with Crippen molar-refractivity contribution in [3.63, 3.8) is 0 Å². The molecule has 7 heteroatoms. The molecule has 0 N–H and O–H groups in total. The van der Waals surface area contributed by atoms with Crippen LogP contribution in [0.4, 0.5) is 0 Å². The smallest absolute Gasteiger partial charge is 0.253 e. The first kappa shape index (κ1) is 21.1. The third-order valence-electron chi connectivity index (χ3n) is 6.23. The molecular formula is C25H30N2O5. The number of carbonyl (C=O) groups excluding carboxylic acids is 1. The van der Waals surface area contributed by atoms with Gasteiger partial charge in [-0.05, 0) is 54.8 Å². The molecule has 3 aliphatic heterocycles. The molecule has 0 aliphatic carbocycles. The van der Waals surface area contributed by atoms with Crippen LogP contribution < -0.4 is 14.2 Å². The summed E-state index contributed by atoms with van der Waals surface area (Å²) in [5.41, 5.74) is 1.90. The van der Waals surface area contributed by atoms with Gasteiger partial charge in [0.2, 0.25) is 0 Å². The Morgan fingerprint density at radius 1 is 0.938 bits per heavy atom. The van der Waals surface area contributed by atoms with Crippen LogP contribution in [0.2, 0.25) is 0 Å². The Bertz CT molecular complexity index is 918. The summed E-state index contributed by atoms with van der Waals surface area (Å²) in [5.74, 6) is 2.50. The molecule has 32 heavy (non-hydrogen) atoms. The predicted octanol–water partition coefficient (Wildman–Crippen LogP) is 2.97. The molecule has 2 aromatic rings. The maximum atomic E-state index is 12.9. The van der Waals surface area contributed by atoms with Crippen molar-refractivity contribution in [2.45, 2.75) is 25.5 Å². The largest absolute Gasteiger partial charge is 0.491 e. The third kappa shape index (κ3) is 5.00. The summed E-state index contributed by atoms with van der Waals surface area (Å²) in [7, 11) is 0. The summed E-state index contributed by atoms with van der Waals surface area (Å²) in [4.78, 5) is 17.2. The Balaban J connectivity index is 1.10. The fraction of sp³-hybridized carbons (Fsp3) is 0.480. The van der Waals surface area contributed by atoms with E-state index in [1.165, 1.54) is 5.56 Å². The number of ether oxygens (including phenoxy) is 4. The van der Waals surface area contributed by atoms with E-state index in [1.807, 2.05) is 35.2 Å². The first-order valence-corrected chi connectivity index (χ1v) is 11.5. The van der Waals surface area contributed by atoms with E-state index in [-0.39, 0.29) is 12.0 Å². The Morgan fingerprint density at radius 3 is 2.47 bits per heavy atom. The first-order valence-electron chi connectivity index (χ1n) is 11.5. The van der Waals surface area contributed by atoms with Crippen molar-refractivity contribution in [2.24, 2.45) is 0 Å². The van der Waals surface area contributed by atoms with Crippen LogP contribution in [0.3, 0.4) is 0 Å². The van der Waals surface area contributed by atoms with E-state index >= 15 is 0 Å². The van der Waals surface area contributed by atoms with Gasteiger partial charge in [0.25, 0.3) is 5.91 Å². The van der Waals surface area contributed by atoms with Gasteiger partial charge in [0.15, 0.2) is 11.5 Å². The Kier molecular flexibility index (Phi) is 6.46. The molecule has 3 heterocycles. The van der Waals surface area contributed by atoms with Crippen molar-refractivity contribution in [2.75, 3.05) is 52.6 Å². The van der Waals surface area contributed by atoms with E-state index in [1.54, 1.807) is 0 Å². The molecular weight excluding hydrogens is 408 g/mol. The number of rotatable bonds is 6. The zero-order valence-electron chi connectivity index (χ0n) is 18.3. The molecule has 0 bridgehead atoms. The lowest BCUT2D eigenvalue weighted by Gasteiger charge is -2.35. The zero-order valence-corrected chi connectivity index (χ0v) is 18.3. The maximum Gasteiger partial charge on any atom is 0.253 e. The summed E-state index contributed by atoms with van der Waals surface area (Å²) in [6.07, 6.45) is 2.34. The second-order valence-electron chi connectivity index (χ2n) is 8.52. The lowest BCUT2D eigenvalue weighted by molar-refractivity contribution is 0.0626. The highest BCUT2D eigenvalue weighted by Gasteiger charge is 2.23. The molecule has 5 rings (SSSR count). The molecule has 2 saturated heterocycles. The van der Waals surface area contributed by atoms with Crippen molar-refractivity contribution < 1.29 is 23.7 Å². The number of piperazine rings is 1. The van der Waals surface area contributed by atoms with Gasteiger partial charge in [0.1, 0.15) is 25.6 Å². The Labute approximate surface area is 188 Å². The van der Waals surface area contributed by atoms with Crippen LogP contribution in [0.5, 0.6) is 17.2 Å². The molecule has 170 valence electrons. The van der Waals surface area contributed by atoms with Gasteiger partial charge in [-0.15, -0.1) is 0 Å². The molecule has 0 saturated carbocycles. The van der Waals surface area contributed by atoms with E-state index in [0.717, 1.165) is 69.4 Å². The standard InChI is InChI=1S/C25H30N2O5/c28-25(20-4-6-21(7-5-20)32-18-22-2-1-13-29-22)27-11-9-26(10-12-27)17-19-3-8-23-24(16-19)31-15-14-30-23/h3-8,16,22H,1-2,9-15,17-18H2/t22-/m0/s1. The van der Waals surface area contributed by atoms with E-state index in [2.05, 4.69) is 17.0 Å². The molecule has 0 spiro atoms. The fourth-order valence-electron chi connectivity index (χ4n) is 4.39. The van der Waals surface area contributed by atoms with E-state index in [4.69, 9.17) is 18.9 Å². The second kappa shape index (κ2) is 9.79. The van der Waals surface area contributed by atoms with Crippen LogP contribution in [0.1, 0.15) is 28.8 Å². The Hall–Kier alpha value is -2.77. The van der Waals surface area contributed by atoms with E-state index in [0.29, 0.717) is 25.4 Å². The quantitative estimate of drug-likeness (QED) is 0.691. The van der Waals surface area contributed by atoms with Gasteiger partial charge in [-0.25, -0.2) is 0 Å². The number of fused-ring (bicyclic) bond motifs is 1. The van der Waals surface area contributed by atoms with Gasteiger partial charge in [0.05, 0.1) is 6.10 Å². The van der Waals surface area contributed by atoms with Crippen LogP contribution in [0, 0.1) is 0 Å². The highest BCUT2D eigenvalue weighted by molar-refractivity contribution is 5.94. The number of nitrogens with zero attached hydrogens (tertiary/aromatic N) is 2. The van der Waals surface area contributed by atoms with Gasteiger partial charge < -0.3 is 23.8 Å². The third-order valence-corrected chi connectivity index (χ3v) is 6.23. The van der Waals surface area contributed by atoms with E-state index < -0.39 is 0 Å². The topological polar surface area (TPSA) is 60.5 Å². The molecule has 2 aromatic carbocycles. The number of carbonyl (C=O) groups is 1. The van der Waals surface area contributed by atoms with Crippen LogP contribution in [0.15, 0.2) is 42.5 Å². The molecule has 2 fully saturated rings. The van der Waals surface area contributed by atoms with Crippen LogP contribution in [0.25, 0.3) is 0 Å². The zero-order chi connectivity index (χ0) is 21.8. The lowest BCUT2D eigenvalue weighted by Crippen LogP contribution is -2.48. The summed E-state index contributed by atoms with van der Waals surface area (Å²) in [5, 5.41) is 0. The van der Waals surface area contributed by atoms with Crippen LogP contribution in [-0.4, -0.2) is 74.4 Å². The minimum absolute atomic E-state index is 0.0784. The normalized spacial score (nSPS) is 20.9. The highest BCUT2D eigenvalue weighted by Crippen LogP contribution is 2.31. The number of amides is 1. The average molecular weight is 439 g/mol. The molecule has 0 aromatic heterocycles. The van der Waals surface area contributed by atoms with Gasteiger partial charge in [-0.1, -0.05) is 6.07 Å². The lowest BCUT2D eigenvalue weighted by atomic mass is 10.1. The monoisotopic (exact) mass is 438 g/mol. The summed E-state index contributed by atoms with van der Waals surface area (Å²) in [6, 6.07) is 13.6. The average Bonchev–Trinajstić information content (AvgIpc) is 3.37. The Morgan fingerprint density at radius 2 is 1.72 bits per heavy atom. The van der Waals surface area contributed by atoms with Crippen molar-refractivity contribution in [3.8, 4) is 17.2 Å². The first-order chi connectivity index (χ1) is 15.7.